The molecule has 0 N–H and O–H groups in total. The lowest BCUT2D eigenvalue weighted by atomic mass is 9.84. The van der Waals surface area contributed by atoms with Gasteiger partial charge in [0, 0.05) is 27.6 Å². The Morgan fingerprint density at radius 2 is 0.843 bits per heavy atom. The van der Waals surface area contributed by atoms with Crippen molar-refractivity contribution in [3.63, 3.8) is 0 Å². The van der Waals surface area contributed by atoms with Crippen LogP contribution in [0.5, 0.6) is 0 Å². The molecular formula is C47H44N4. The van der Waals surface area contributed by atoms with Crippen LogP contribution in [0.1, 0.15) is 75.9 Å². The second kappa shape index (κ2) is 12.9. The number of nitrogens with zero attached hydrogens (tertiary/aromatic N) is 4. The molecule has 4 heteroatoms. The van der Waals surface area contributed by atoms with Crippen LogP contribution in [-0.2, 0) is 5.41 Å². The third-order valence-corrected chi connectivity index (χ3v) is 10.3. The predicted octanol–water partition coefficient (Wildman–Crippen LogP) is 12.3. The van der Waals surface area contributed by atoms with E-state index in [2.05, 4.69) is 196 Å². The van der Waals surface area contributed by atoms with Crippen LogP contribution in [0.25, 0.3) is 56.0 Å². The largest absolute Gasteiger partial charge is 0.307 e. The Bertz CT molecular complexity index is 2350. The Balaban J connectivity index is 1.25. The van der Waals surface area contributed by atoms with E-state index in [9.17, 15) is 0 Å². The Labute approximate surface area is 301 Å². The van der Waals surface area contributed by atoms with Crippen molar-refractivity contribution in [3.05, 3.63) is 168 Å². The first kappa shape index (κ1) is 32.5. The second-order valence-electron chi connectivity index (χ2n) is 14.7. The van der Waals surface area contributed by atoms with Gasteiger partial charge in [0.1, 0.15) is 0 Å². The summed E-state index contributed by atoms with van der Waals surface area (Å²) in [4.78, 5) is 10.8. The van der Waals surface area contributed by atoms with E-state index < -0.39 is 5.41 Å². The number of aromatic nitrogens is 4. The SMILES string of the molecule is CC(C)c1ccccc1-n1c(-c2cccc(C(C)(C)c3cccc(-c4cc5ccccc5n4-c4ccccc4C(C)C)n3)n2)cc2ccccc21. The Morgan fingerprint density at radius 1 is 0.451 bits per heavy atom. The summed E-state index contributed by atoms with van der Waals surface area (Å²) in [6.45, 7) is 13.5. The summed E-state index contributed by atoms with van der Waals surface area (Å²) >= 11 is 0. The first-order valence-electron chi connectivity index (χ1n) is 18.1. The number of rotatable bonds is 8. The summed E-state index contributed by atoms with van der Waals surface area (Å²) in [6.07, 6.45) is 0. The average molecular weight is 665 g/mol. The molecule has 4 aromatic heterocycles. The third-order valence-electron chi connectivity index (χ3n) is 10.3. The molecule has 0 amide bonds. The van der Waals surface area contributed by atoms with Crippen LogP contribution in [0.4, 0.5) is 0 Å². The number of fused-ring (bicyclic) bond motifs is 2. The highest BCUT2D eigenvalue weighted by Gasteiger charge is 2.28. The molecule has 4 aromatic carbocycles. The Kier molecular flexibility index (Phi) is 8.18. The molecular weight excluding hydrogens is 621 g/mol. The number of para-hydroxylation sites is 4. The topological polar surface area (TPSA) is 35.6 Å². The quantitative estimate of drug-likeness (QED) is 0.162. The molecule has 0 aliphatic rings. The van der Waals surface area contributed by atoms with Gasteiger partial charge in [-0.3, -0.25) is 9.97 Å². The van der Waals surface area contributed by atoms with Gasteiger partial charge in [-0.25, -0.2) is 0 Å². The average Bonchev–Trinajstić information content (AvgIpc) is 3.74. The zero-order chi connectivity index (χ0) is 35.3. The maximum atomic E-state index is 5.41. The number of hydrogen-bond acceptors (Lipinski definition) is 2. The maximum absolute atomic E-state index is 5.41. The number of pyridine rings is 2. The molecule has 4 heterocycles. The highest BCUT2D eigenvalue weighted by atomic mass is 15.0. The van der Waals surface area contributed by atoms with Crippen LogP contribution in [0.3, 0.4) is 0 Å². The van der Waals surface area contributed by atoms with Gasteiger partial charge >= 0.3 is 0 Å². The highest BCUT2D eigenvalue weighted by molar-refractivity contribution is 5.90. The van der Waals surface area contributed by atoms with Crippen LogP contribution >= 0.6 is 0 Å². The van der Waals surface area contributed by atoms with Crippen molar-refractivity contribution in [2.24, 2.45) is 0 Å². The van der Waals surface area contributed by atoms with Gasteiger partial charge in [-0.05, 0) is 97.5 Å². The van der Waals surface area contributed by atoms with E-state index in [4.69, 9.17) is 9.97 Å². The molecule has 252 valence electrons. The maximum Gasteiger partial charge on any atom is 0.0874 e. The molecule has 51 heavy (non-hydrogen) atoms. The van der Waals surface area contributed by atoms with E-state index in [0.717, 1.165) is 34.2 Å². The fourth-order valence-electron chi connectivity index (χ4n) is 7.55. The van der Waals surface area contributed by atoms with E-state index in [1.54, 1.807) is 0 Å². The van der Waals surface area contributed by atoms with Crippen molar-refractivity contribution < 1.29 is 0 Å². The third kappa shape index (κ3) is 5.65. The number of hydrogen-bond donors (Lipinski definition) is 0. The van der Waals surface area contributed by atoms with Gasteiger partial charge in [0.05, 0.1) is 45.2 Å². The van der Waals surface area contributed by atoms with E-state index in [1.807, 2.05) is 0 Å². The second-order valence-corrected chi connectivity index (χ2v) is 14.7. The van der Waals surface area contributed by atoms with Gasteiger partial charge < -0.3 is 9.13 Å². The lowest BCUT2D eigenvalue weighted by Gasteiger charge is -2.25. The van der Waals surface area contributed by atoms with Gasteiger partial charge in [-0.15, -0.1) is 0 Å². The minimum atomic E-state index is -0.467. The predicted molar refractivity (Wildman–Crippen MR) is 213 cm³/mol. The Hall–Kier alpha value is -5.74. The van der Waals surface area contributed by atoms with Gasteiger partial charge in [0.2, 0.25) is 0 Å². The molecule has 0 spiro atoms. The minimum absolute atomic E-state index is 0.379. The molecule has 0 saturated heterocycles. The fraction of sp³-hybridized carbons (Fsp3) is 0.191. The highest BCUT2D eigenvalue weighted by Crippen LogP contribution is 2.38. The molecule has 8 rings (SSSR count). The van der Waals surface area contributed by atoms with Crippen LogP contribution in [0.2, 0.25) is 0 Å². The van der Waals surface area contributed by atoms with Crippen molar-refractivity contribution in [2.45, 2.75) is 58.8 Å². The van der Waals surface area contributed by atoms with Gasteiger partial charge in [-0.2, -0.15) is 0 Å². The molecule has 4 nitrogen and oxygen atoms in total. The van der Waals surface area contributed by atoms with Crippen molar-refractivity contribution in [3.8, 4) is 34.2 Å². The van der Waals surface area contributed by atoms with E-state index in [0.29, 0.717) is 11.8 Å². The molecule has 0 unspecified atom stereocenters. The van der Waals surface area contributed by atoms with E-state index >= 15 is 0 Å². The molecule has 0 radical (unpaired) electrons. The minimum Gasteiger partial charge on any atom is -0.307 e. The molecule has 0 saturated carbocycles. The van der Waals surface area contributed by atoms with Crippen LogP contribution in [0, 0.1) is 0 Å². The van der Waals surface area contributed by atoms with Crippen LogP contribution in [0.15, 0.2) is 146 Å². The summed E-state index contributed by atoms with van der Waals surface area (Å²) < 4.78 is 4.77. The molecule has 0 bridgehead atoms. The van der Waals surface area contributed by atoms with Crippen molar-refractivity contribution >= 4 is 21.8 Å². The molecule has 8 aromatic rings. The fourth-order valence-corrected chi connectivity index (χ4v) is 7.55. The summed E-state index contributed by atoms with van der Waals surface area (Å²) in [7, 11) is 0. The zero-order valence-electron chi connectivity index (χ0n) is 30.3. The standard InChI is InChI=1S/C47H44N4/c1-31(2)35-19-9-13-25-41(35)50-39-23-11-7-17-33(39)29-43(50)37-21-15-27-45(48-37)47(5,6)46-28-16-22-38(49-46)44-30-34-18-8-12-24-40(34)51(44)42-26-14-10-20-36(42)32(3)4/h7-32H,1-6H3. The lowest BCUT2D eigenvalue weighted by molar-refractivity contribution is 0.596. The molecule has 0 aliphatic heterocycles. The summed E-state index contributed by atoms with van der Waals surface area (Å²) in [5.41, 5.74) is 12.9. The number of benzene rings is 4. The summed E-state index contributed by atoms with van der Waals surface area (Å²) in [6, 6.07) is 52.1. The first-order valence-corrected chi connectivity index (χ1v) is 18.1. The molecule has 0 aliphatic carbocycles. The molecule has 0 atom stereocenters. The first-order chi connectivity index (χ1) is 24.7. The van der Waals surface area contributed by atoms with Gasteiger partial charge in [0.25, 0.3) is 0 Å². The van der Waals surface area contributed by atoms with E-state index in [1.165, 1.54) is 44.3 Å². The van der Waals surface area contributed by atoms with E-state index in [-0.39, 0.29) is 0 Å². The van der Waals surface area contributed by atoms with Crippen LogP contribution < -0.4 is 0 Å². The van der Waals surface area contributed by atoms with Crippen molar-refractivity contribution in [1.82, 2.24) is 19.1 Å². The summed E-state index contributed by atoms with van der Waals surface area (Å²) in [5.74, 6) is 0.758. The smallest absolute Gasteiger partial charge is 0.0874 e. The lowest BCUT2D eigenvalue weighted by Crippen LogP contribution is -2.22. The van der Waals surface area contributed by atoms with Gasteiger partial charge in [0.15, 0.2) is 0 Å². The summed E-state index contributed by atoms with van der Waals surface area (Å²) in [5, 5.41) is 2.39. The monoisotopic (exact) mass is 664 g/mol. The Morgan fingerprint density at radius 3 is 1.27 bits per heavy atom. The van der Waals surface area contributed by atoms with Crippen LogP contribution in [-0.4, -0.2) is 19.1 Å². The zero-order valence-corrected chi connectivity index (χ0v) is 30.3. The molecule has 0 fully saturated rings. The van der Waals surface area contributed by atoms with Crippen molar-refractivity contribution in [1.29, 1.82) is 0 Å². The normalized spacial score (nSPS) is 12.1. The van der Waals surface area contributed by atoms with Crippen molar-refractivity contribution in [2.75, 3.05) is 0 Å². The van der Waals surface area contributed by atoms with Gasteiger partial charge in [-0.1, -0.05) is 113 Å².